The van der Waals surface area contributed by atoms with Crippen molar-refractivity contribution in [3.63, 3.8) is 0 Å². The van der Waals surface area contributed by atoms with Crippen molar-refractivity contribution >= 4 is 27.8 Å². The minimum absolute atomic E-state index is 0.0427. The number of methoxy groups -OCH3 is 1. The molecule has 0 spiro atoms. The Hall–Kier alpha value is -3.45. The lowest BCUT2D eigenvalue weighted by Crippen LogP contribution is -2.16. The van der Waals surface area contributed by atoms with Gasteiger partial charge in [-0.15, -0.1) is 11.3 Å². The summed E-state index contributed by atoms with van der Waals surface area (Å²) in [5, 5.41) is 14.5. The van der Waals surface area contributed by atoms with Gasteiger partial charge in [-0.2, -0.15) is 9.78 Å². The van der Waals surface area contributed by atoms with E-state index in [1.165, 1.54) is 41.7 Å². The van der Waals surface area contributed by atoms with E-state index in [-0.39, 0.29) is 11.3 Å². The number of fused-ring (bicyclic) bond motifs is 1. The largest absolute Gasteiger partial charge is 0.504 e. The quantitative estimate of drug-likeness (QED) is 0.533. The Morgan fingerprint density at radius 3 is 2.75 bits per heavy atom. The lowest BCUT2D eigenvalue weighted by Gasteiger charge is -2.04. The Morgan fingerprint density at radius 1 is 1.21 bits per heavy atom. The minimum Gasteiger partial charge on any atom is -0.504 e. The highest BCUT2D eigenvalue weighted by atomic mass is 32.1. The summed E-state index contributed by atoms with van der Waals surface area (Å²) < 4.78 is 6.32. The number of benzene rings is 2. The zero-order chi connectivity index (χ0) is 19.7. The van der Waals surface area contributed by atoms with Crippen LogP contribution in [0.4, 0.5) is 0 Å². The van der Waals surface area contributed by atoms with Crippen LogP contribution in [0.5, 0.6) is 11.5 Å². The molecular weight excluding hydrogens is 374 g/mol. The number of hydrogen-bond acceptors (Lipinski definition) is 6. The maximum Gasteiger partial charge on any atom is 0.283 e. The molecule has 0 amide bonds. The Morgan fingerprint density at radius 2 is 2.00 bits per heavy atom. The van der Waals surface area contributed by atoms with Gasteiger partial charge in [-0.05, 0) is 36.2 Å². The molecule has 0 aliphatic carbocycles. The van der Waals surface area contributed by atoms with Crippen LogP contribution in [0.2, 0.25) is 0 Å². The van der Waals surface area contributed by atoms with E-state index >= 15 is 0 Å². The van der Waals surface area contributed by atoms with Crippen molar-refractivity contribution in [1.82, 2.24) is 9.66 Å². The lowest BCUT2D eigenvalue weighted by molar-refractivity contribution is 0.373. The van der Waals surface area contributed by atoms with Crippen LogP contribution >= 0.6 is 11.3 Å². The Labute approximate surface area is 165 Å². The molecule has 0 aliphatic heterocycles. The number of aromatic nitrogens is 2. The van der Waals surface area contributed by atoms with Gasteiger partial charge in [0.05, 0.1) is 18.7 Å². The first kappa shape index (κ1) is 17.9. The average molecular weight is 391 g/mol. The van der Waals surface area contributed by atoms with Gasteiger partial charge in [0.2, 0.25) is 0 Å². The van der Waals surface area contributed by atoms with Gasteiger partial charge in [-0.1, -0.05) is 30.3 Å². The Kier molecular flexibility index (Phi) is 4.67. The third kappa shape index (κ3) is 3.16. The topological polar surface area (TPSA) is 76.7 Å². The fourth-order valence-corrected chi connectivity index (χ4v) is 4.03. The van der Waals surface area contributed by atoms with E-state index in [9.17, 15) is 9.90 Å². The summed E-state index contributed by atoms with van der Waals surface area (Å²) in [6.45, 7) is 1.99. The van der Waals surface area contributed by atoms with Crippen LogP contribution < -0.4 is 10.3 Å². The van der Waals surface area contributed by atoms with Gasteiger partial charge in [0, 0.05) is 10.4 Å². The van der Waals surface area contributed by atoms with Crippen molar-refractivity contribution < 1.29 is 9.84 Å². The molecule has 0 unspecified atom stereocenters. The van der Waals surface area contributed by atoms with Crippen molar-refractivity contribution in [2.45, 2.75) is 6.92 Å². The summed E-state index contributed by atoms with van der Waals surface area (Å²) in [5.74, 6) is 0.380. The van der Waals surface area contributed by atoms with Crippen LogP contribution in [0.3, 0.4) is 0 Å². The molecule has 1 N–H and O–H groups in total. The van der Waals surface area contributed by atoms with Gasteiger partial charge in [0.15, 0.2) is 11.5 Å². The van der Waals surface area contributed by atoms with Crippen LogP contribution in [0.15, 0.2) is 64.8 Å². The first-order valence-corrected chi connectivity index (χ1v) is 9.37. The maximum absolute atomic E-state index is 13.1. The number of thiophene rings is 1. The molecular formula is C21H17N3O3S. The van der Waals surface area contributed by atoms with Crippen molar-refractivity contribution in [3.8, 4) is 22.6 Å². The fourth-order valence-electron chi connectivity index (χ4n) is 3.03. The van der Waals surface area contributed by atoms with E-state index < -0.39 is 0 Å². The van der Waals surface area contributed by atoms with E-state index in [2.05, 4.69) is 10.1 Å². The number of rotatable bonds is 4. The maximum atomic E-state index is 13.1. The third-order valence-electron chi connectivity index (χ3n) is 4.37. The molecule has 0 aliphatic rings. The summed E-state index contributed by atoms with van der Waals surface area (Å²) in [5.41, 5.74) is 2.34. The van der Waals surface area contributed by atoms with E-state index in [1.54, 1.807) is 12.1 Å². The second kappa shape index (κ2) is 7.28. The first-order valence-electron chi connectivity index (χ1n) is 8.56. The smallest absolute Gasteiger partial charge is 0.283 e. The zero-order valence-corrected chi connectivity index (χ0v) is 16.1. The SMILES string of the molecule is COc1cc(/C=N/n2cnc3sc(C)c(-c4ccccc4)c3c2=O)ccc1O. The number of phenolic OH excluding ortho intramolecular Hbond substituents is 1. The van der Waals surface area contributed by atoms with Crippen molar-refractivity contribution in [2.24, 2.45) is 5.10 Å². The highest BCUT2D eigenvalue weighted by Crippen LogP contribution is 2.35. The molecule has 4 aromatic rings. The number of phenols is 1. The molecule has 4 rings (SSSR count). The van der Waals surface area contributed by atoms with E-state index in [0.29, 0.717) is 21.5 Å². The predicted molar refractivity (Wildman–Crippen MR) is 112 cm³/mol. The Bertz CT molecular complexity index is 1240. The molecule has 0 saturated carbocycles. The van der Waals surface area contributed by atoms with Gasteiger partial charge >= 0.3 is 0 Å². The van der Waals surface area contributed by atoms with Gasteiger partial charge in [-0.25, -0.2) is 4.98 Å². The van der Waals surface area contributed by atoms with Gasteiger partial charge in [-0.3, -0.25) is 4.79 Å². The van der Waals surface area contributed by atoms with Gasteiger partial charge in [0.25, 0.3) is 5.56 Å². The summed E-state index contributed by atoms with van der Waals surface area (Å²) in [6, 6.07) is 14.6. The summed E-state index contributed by atoms with van der Waals surface area (Å²) in [7, 11) is 1.47. The van der Waals surface area contributed by atoms with Crippen LogP contribution in [0.1, 0.15) is 10.4 Å². The van der Waals surface area contributed by atoms with Gasteiger partial charge < -0.3 is 9.84 Å². The molecule has 0 bridgehead atoms. The molecule has 2 aromatic carbocycles. The first-order chi connectivity index (χ1) is 13.6. The monoisotopic (exact) mass is 391 g/mol. The third-order valence-corrected chi connectivity index (χ3v) is 5.38. The number of ether oxygens (including phenoxy) is 1. The summed E-state index contributed by atoms with van der Waals surface area (Å²) >= 11 is 1.50. The van der Waals surface area contributed by atoms with Crippen molar-refractivity contribution in [2.75, 3.05) is 7.11 Å². The molecule has 0 atom stereocenters. The van der Waals surface area contributed by atoms with E-state index in [0.717, 1.165) is 16.0 Å². The van der Waals surface area contributed by atoms with Crippen molar-refractivity contribution in [1.29, 1.82) is 0 Å². The average Bonchev–Trinajstić information content (AvgIpc) is 3.06. The fraction of sp³-hybridized carbons (Fsp3) is 0.0952. The normalized spacial score (nSPS) is 11.4. The van der Waals surface area contributed by atoms with Crippen LogP contribution in [0, 0.1) is 6.92 Å². The van der Waals surface area contributed by atoms with Gasteiger partial charge in [0.1, 0.15) is 11.2 Å². The molecule has 140 valence electrons. The van der Waals surface area contributed by atoms with Crippen LogP contribution in [-0.4, -0.2) is 28.1 Å². The summed E-state index contributed by atoms with van der Waals surface area (Å²) in [6.07, 6.45) is 2.95. The van der Waals surface area contributed by atoms with Crippen LogP contribution in [-0.2, 0) is 0 Å². The standard InChI is InChI=1S/C21H17N3O3S/c1-13-18(15-6-4-3-5-7-15)19-20(28-13)22-12-24(21(19)26)23-11-14-8-9-16(25)17(10-14)27-2/h3-12,25H,1-2H3/b23-11+. The van der Waals surface area contributed by atoms with E-state index in [1.807, 2.05) is 37.3 Å². The van der Waals surface area contributed by atoms with E-state index in [4.69, 9.17) is 4.74 Å². The zero-order valence-electron chi connectivity index (χ0n) is 15.3. The molecule has 0 saturated heterocycles. The number of hydrogen-bond donors (Lipinski definition) is 1. The Balaban J connectivity index is 1.81. The summed E-state index contributed by atoms with van der Waals surface area (Å²) in [4.78, 5) is 19.2. The molecule has 28 heavy (non-hydrogen) atoms. The number of aryl methyl sites for hydroxylation is 1. The highest BCUT2D eigenvalue weighted by molar-refractivity contribution is 7.19. The number of aromatic hydroxyl groups is 1. The number of nitrogens with zero attached hydrogens (tertiary/aromatic N) is 3. The van der Waals surface area contributed by atoms with Crippen LogP contribution in [0.25, 0.3) is 21.3 Å². The van der Waals surface area contributed by atoms with Crippen molar-refractivity contribution in [3.05, 3.63) is 75.7 Å². The molecule has 0 radical (unpaired) electrons. The second-order valence-corrected chi connectivity index (χ2v) is 7.35. The predicted octanol–water partition coefficient (Wildman–Crippen LogP) is 4.03. The molecule has 0 fully saturated rings. The molecule has 2 aromatic heterocycles. The molecule has 7 heteroatoms. The lowest BCUT2D eigenvalue weighted by atomic mass is 10.0. The highest BCUT2D eigenvalue weighted by Gasteiger charge is 2.16. The minimum atomic E-state index is -0.227. The molecule has 6 nitrogen and oxygen atoms in total. The second-order valence-electron chi connectivity index (χ2n) is 6.15. The molecule has 2 heterocycles.